The number of para-hydroxylation sites is 1. The number of aryl methyl sites for hydroxylation is 1. The van der Waals surface area contributed by atoms with Crippen LogP contribution in [-0.2, 0) is 35.1 Å². The van der Waals surface area contributed by atoms with E-state index < -0.39 is 65.9 Å². The first-order chi connectivity index (χ1) is 21.7. The summed E-state index contributed by atoms with van der Waals surface area (Å²) in [6, 6.07) is 24.4. The quantitative estimate of drug-likeness (QED) is 0.157. The Morgan fingerprint density at radius 1 is 0.857 bits per heavy atom. The minimum Gasteiger partial charge on any atom is -0.548 e. The fourth-order valence-corrected chi connectivity index (χ4v) is 5.72. The van der Waals surface area contributed by atoms with E-state index in [9.17, 15) is 39.6 Å². The van der Waals surface area contributed by atoms with Gasteiger partial charge in [0, 0.05) is 12.0 Å². The molecule has 1 fully saturated rings. The Labute approximate surface area is 351 Å². The van der Waals surface area contributed by atoms with Crippen LogP contribution in [0.5, 0.6) is 11.5 Å². The van der Waals surface area contributed by atoms with Gasteiger partial charge in [0.25, 0.3) is 5.91 Å². The standard InChI is InChI=1S/C34H37NO11.3Na/c1-21(35(20-27(36)37)30(39)28(38)34(32(42)43)29(31(40)41)45-33(2,3)46-34)26(19-14-22-10-6-4-7-11-22)23-15-17-25(18-16-23)44-24-12-8-5-9-13-24;;;/h4-13,15-18,21,26,28-29,38H,14,19-20H2,1-3H3,(H,36,37)(H,40,41)(H,42,43);;;/q;3*+1/p-3. The minimum atomic E-state index is -3.25. The van der Waals surface area contributed by atoms with Gasteiger partial charge in [0.15, 0.2) is 17.5 Å². The fraction of sp³-hybridized carbons (Fsp3) is 0.353. The van der Waals surface area contributed by atoms with E-state index in [2.05, 4.69) is 0 Å². The van der Waals surface area contributed by atoms with Gasteiger partial charge < -0.3 is 53.9 Å². The molecule has 1 N–H and O–H groups in total. The maximum atomic E-state index is 13.9. The topological polar surface area (TPSA) is 189 Å². The summed E-state index contributed by atoms with van der Waals surface area (Å²) in [5.41, 5.74) is -1.61. The maximum Gasteiger partial charge on any atom is 1.00 e. The van der Waals surface area contributed by atoms with Gasteiger partial charge >= 0.3 is 88.7 Å². The fourth-order valence-electron chi connectivity index (χ4n) is 5.72. The van der Waals surface area contributed by atoms with Crippen LogP contribution in [0.15, 0.2) is 84.9 Å². The van der Waals surface area contributed by atoms with Gasteiger partial charge in [-0.15, -0.1) is 0 Å². The minimum absolute atomic E-state index is 0. The molecule has 49 heavy (non-hydrogen) atoms. The van der Waals surface area contributed by atoms with Gasteiger partial charge in [-0.25, -0.2) is 0 Å². The molecule has 1 heterocycles. The van der Waals surface area contributed by atoms with E-state index in [-0.39, 0.29) is 88.7 Å². The SMILES string of the molecule is CC(C(CCc1ccccc1)c1ccc(Oc2ccccc2)cc1)N(CC(=O)[O-])C(=O)C(O)C1(C(=O)[O-])OC(C)(C)OC1C(=O)[O-].[Na+].[Na+].[Na+]. The molecule has 3 aromatic rings. The molecule has 3 aromatic carbocycles. The number of nitrogens with zero attached hydrogens (tertiary/aromatic N) is 1. The van der Waals surface area contributed by atoms with Crippen LogP contribution in [0.1, 0.15) is 44.2 Å². The molecule has 0 aromatic heterocycles. The van der Waals surface area contributed by atoms with Crippen LogP contribution >= 0.6 is 0 Å². The van der Waals surface area contributed by atoms with Gasteiger partial charge in [-0.3, -0.25) is 4.79 Å². The first-order valence-electron chi connectivity index (χ1n) is 14.6. The number of aliphatic hydroxyl groups is 1. The molecule has 0 saturated carbocycles. The summed E-state index contributed by atoms with van der Waals surface area (Å²) in [5.74, 6) is -8.82. The van der Waals surface area contributed by atoms with Crippen molar-refractivity contribution >= 4 is 23.8 Å². The van der Waals surface area contributed by atoms with Crippen molar-refractivity contribution in [1.29, 1.82) is 0 Å². The number of hydrogen-bond acceptors (Lipinski definition) is 11. The molecule has 0 aliphatic carbocycles. The zero-order chi connectivity index (χ0) is 33.6. The van der Waals surface area contributed by atoms with Crippen LogP contribution in [0.4, 0.5) is 0 Å². The number of rotatable bonds is 14. The average molecular weight is 702 g/mol. The van der Waals surface area contributed by atoms with Crippen LogP contribution in [0, 0.1) is 0 Å². The first-order valence-corrected chi connectivity index (χ1v) is 14.6. The third-order valence-corrected chi connectivity index (χ3v) is 7.91. The van der Waals surface area contributed by atoms with E-state index in [1.165, 1.54) is 20.8 Å². The summed E-state index contributed by atoms with van der Waals surface area (Å²) >= 11 is 0. The summed E-state index contributed by atoms with van der Waals surface area (Å²) in [6.07, 6.45) is -4.33. The van der Waals surface area contributed by atoms with Crippen molar-refractivity contribution < 1.29 is 142 Å². The molecule has 0 radical (unpaired) electrons. The number of carbonyl (C=O) groups is 4. The van der Waals surface area contributed by atoms with Crippen LogP contribution in [0.3, 0.4) is 0 Å². The van der Waals surface area contributed by atoms with Gasteiger partial charge in [-0.1, -0.05) is 60.7 Å². The van der Waals surface area contributed by atoms with Crippen LogP contribution < -0.4 is 109 Å². The maximum absolute atomic E-state index is 13.9. The van der Waals surface area contributed by atoms with Gasteiger partial charge in [-0.2, -0.15) is 0 Å². The summed E-state index contributed by atoms with van der Waals surface area (Å²) < 4.78 is 16.4. The second-order valence-corrected chi connectivity index (χ2v) is 11.5. The van der Waals surface area contributed by atoms with E-state index >= 15 is 0 Å². The normalized spacial score (nSPS) is 19.4. The molecule has 0 bridgehead atoms. The predicted octanol–water partition coefficient (Wildman–Crippen LogP) is -9.07. The Kier molecular flexibility index (Phi) is 18.2. The van der Waals surface area contributed by atoms with Crippen LogP contribution in [0.25, 0.3) is 0 Å². The van der Waals surface area contributed by atoms with Gasteiger partial charge in [0.05, 0.1) is 24.5 Å². The number of ether oxygens (including phenoxy) is 3. The number of aliphatic hydroxyl groups excluding tert-OH is 1. The molecule has 244 valence electrons. The summed E-state index contributed by atoms with van der Waals surface area (Å²) in [6.45, 7) is 2.83. The van der Waals surface area contributed by atoms with Crippen LogP contribution in [-0.4, -0.2) is 70.0 Å². The Morgan fingerprint density at radius 2 is 1.39 bits per heavy atom. The Bertz CT molecular complexity index is 1540. The zero-order valence-electron chi connectivity index (χ0n) is 28.5. The molecular formula is C34H34NNa3O11. The van der Waals surface area contributed by atoms with Crippen LogP contribution in [0.2, 0.25) is 0 Å². The van der Waals surface area contributed by atoms with Crippen molar-refractivity contribution in [3.05, 3.63) is 96.1 Å². The summed E-state index contributed by atoms with van der Waals surface area (Å²) in [7, 11) is 0. The number of hydrogen-bond donors (Lipinski definition) is 1. The third kappa shape index (κ3) is 11.1. The number of amides is 1. The number of carbonyl (C=O) groups excluding carboxylic acids is 4. The summed E-state index contributed by atoms with van der Waals surface area (Å²) in [5, 5.41) is 47.4. The molecule has 1 amide bonds. The second kappa shape index (κ2) is 19.7. The van der Waals surface area contributed by atoms with Crippen molar-refractivity contribution in [3.63, 3.8) is 0 Å². The molecule has 5 atom stereocenters. The summed E-state index contributed by atoms with van der Waals surface area (Å²) in [4.78, 5) is 50.8. The molecule has 1 aliphatic heterocycles. The first kappa shape index (κ1) is 45.2. The predicted molar refractivity (Wildman–Crippen MR) is 155 cm³/mol. The van der Waals surface area contributed by atoms with Crippen molar-refractivity contribution in [1.82, 2.24) is 4.90 Å². The molecule has 5 unspecified atom stereocenters. The van der Waals surface area contributed by atoms with Gasteiger partial charge in [-0.05, 0) is 69.0 Å². The van der Waals surface area contributed by atoms with Crippen molar-refractivity contribution in [2.24, 2.45) is 0 Å². The van der Waals surface area contributed by atoms with Crippen molar-refractivity contribution in [3.8, 4) is 11.5 Å². The molecule has 1 saturated heterocycles. The van der Waals surface area contributed by atoms with Crippen molar-refractivity contribution in [2.75, 3.05) is 6.54 Å². The second-order valence-electron chi connectivity index (χ2n) is 11.5. The van der Waals surface area contributed by atoms with E-state index in [0.717, 1.165) is 10.5 Å². The molecule has 1 aliphatic rings. The molecule has 12 nitrogen and oxygen atoms in total. The van der Waals surface area contributed by atoms with E-state index in [4.69, 9.17) is 14.2 Å². The molecule has 4 rings (SSSR count). The largest absolute Gasteiger partial charge is 1.00 e. The molecule has 15 heteroatoms. The van der Waals surface area contributed by atoms with E-state index in [0.29, 0.717) is 29.9 Å². The molecule has 0 spiro atoms. The zero-order valence-corrected chi connectivity index (χ0v) is 34.5. The number of carboxylic acid groups (broad SMARTS) is 3. The van der Waals surface area contributed by atoms with Gasteiger partial charge in [0.2, 0.25) is 0 Å². The van der Waals surface area contributed by atoms with Gasteiger partial charge in [0.1, 0.15) is 17.6 Å². The smallest absolute Gasteiger partial charge is 0.548 e. The number of carboxylic acids is 3. The van der Waals surface area contributed by atoms with E-state index in [1.54, 1.807) is 36.4 Å². The number of aliphatic carboxylic acids is 3. The monoisotopic (exact) mass is 701 g/mol. The average Bonchev–Trinajstić information content (AvgIpc) is 3.33. The molecular weight excluding hydrogens is 667 g/mol. The van der Waals surface area contributed by atoms with Crippen molar-refractivity contribution in [2.45, 2.75) is 69.2 Å². The third-order valence-electron chi connectivity index (χ3n) is 7.91. The Morgan fingerprint density at radius 3 is 1.90 bits per heavy atom. The number of benzene rings is 3. The Hall–Kier alpha value is -1.78. The Balaban J connectivity index is 0.00000400. The van der Waals surface area contributed by atoms with E-state index in [1.807, 2.05) is 48.5 Å².